The summed E-state index contributed by atoms with van der Waals surface area (Å²) in [6.45, 7) is 3.96. The average Bonchev–Trinajstić information content (AvgIpc) is 2.04. The van der Waals surface area contributed by atoms with Gasteiger partial charge in [-0.15, -0.1) is 0 Å². The second-order valence-electron chi connectivity index (χ2n) is 3.61. The topological polar surface area (TPSA) is 48.3 Å². The van der Waals surface area contributed by atoms with E-state index in [-0.39, 0.29) is 0 Å². The molecule has 0 rings (SSSR count). The molecule has 1 unspecified atom stereocenters. The number of hydrogen-bond donors (Lipinski definition) is 1. The number of nitrogens with one attached hydrogen (secondary N) is 1. The van der Waals surface area contributed by atoms with Gasteiger partial charge in [-0.25, -0.2) is 0 Å². The summed E-state index contributed by atoms with van der Waals surface area (Å²) >= 11 is 0. The molecular weight excluding hydrogens is 166 g/mol. The van der Waals surface area contributed by atoms with Gasteiger partial charge < -0.3 is 9.64 Å². The zero-order valence-corrected chi connectivity index (χ0v) is 8.92. The molecular formula is C9H19N3O. The van der Waals surface area contributed by atoms with Crippen LogP contribution in [0.4, 0.5) is 0 Å². The fourth-order valence-electron chi connectivity index (χ4n) is 0.967. The first kappa shape index (κ1) is 12.4. The van der Waals surface area contributed by atoms with Gasteiger partial charge in [0.2, 0.25) is 0 Å². The lowest BCUT2D eigenvalue weighted by atomic mass is 10.1. The molecule has 0 aliphatic rings. The van der Waals surface area contributed by atoms with E-state index in [0.29, 0.717) is 6.61 Å². The van der Waals surface area contributed by atoms with E-state index in [9.17, 15) is 0 Å². The van der Waals surface area contributed by atoms with Gasteiger partial charge in [0.15, 0.2) is 0 Å². The van der Waals surface area contributed by atoms with Crippen molar-refractivity contribution in [2.45, 2.75) is 12.5 Å². The molecule has 0 aromatic heterocycles. The highest BCUT2D eigenvalue weighted by Crippen LogP contribution is 2.00. The highest BCUT2D eigenvalue weighted by Gasteiger charge is 2.22. The first-order chi connectivity index (χ1) is 6.04. The van der Waals surface area contributed by atoms with Crippen LogP contribution in [0.5, 0.6) is 0 Å². The van der Waals surface area contributed by atoms with Crippen LogP contribution < -0.4 is 5.32 Å². The first-order valence-corrected chi connectivity index (χ1v) is 4.34. The SMILES string of the molecule is COCC(C)(C#N)NCCN(C)C. The Morgan fingerprint density at radius 1 is 1.54 bits per heavy atom. The summed E-state index contributed by atoms with van der Waals surface area (Å²) in [6.07, 6.45) is 0. The second-order valence-corrected chi connectivity index (χ2v) is 3.61. The highest BCUT2D eigenvalue weighted by molar-refractivity contribution is 5.03. The lowest BCUT2D eigenvalue weighted by Crippen LogP contribution is -2.47. The van der Waals surface area contributed by atoms with Gasteiger partial charge in [-0.1, -0.05) is 0 Å². The molecule has 1 atom stereocenters. The quantitative estimate of drug-likeness (QED) is 0.636. The molecule has 13 heavy (non-hydrogen) atoms. The number of methoxy groups -OCH3 is 1. The standard InChI is InChI=1S/C9H19N3O/c1-9(7-10,8-13-4)11-5-6-12(2)3/h11H,5-6,8H2,1-4H3. The zero-order chi connectivity index (χ0) is 10.3. The van der Waals surface area contributed by atoms with E-state index in [0.717, 1.165) is 13.1 Å². The predicted molar refractivity (Wildman–Crippen MR) is 52.5 cm³/mol. The van der Waals surface area contributed by atoms with Gasteiger partial charge in [-0.3, -0.25) is 5.32 Å². The van der Waals surface area contributed by atoms with Gasteiger partial charge in [-0.05, 0) is 21.0 Å². The Morgan fingerprint density at radius 3 is 2.54 bits per heavy atom. The van der Waals surface area contributed by atoms with Gasteiger partial charge in [0, 0.05) is 20.2 Å². The summed E-state index contributed by atoms with van der Waals surface area (Å²) in [4.78, 5) is 2.07. The van der Waals surface area contributed by atoms with Crippen LogP contribution in [0.3, 0.4) is 0 Å². The van der Waals surface area contributed by atoms with Crippen LogP contribution >= 0.6 is 0 Å². The number of nitriles is 1. The van der Waals surface area contributed by atoms with Crippen molar-refractivity contribution in [1.82, 2.24) is 10.2 Å². The maximum atomic E-state index is 8.88. The fourth-order valence-corrected chi connectivity index (χ4v) is 0.967. The van der Waals surface area contributed by atoms with Crippen LogP contribution in [0.25, 0.3) is 0 Å². The molecule has 0 radical (unpaired) electrons. The van der Waals surface area contributed by atoms with Gasteiger partial charge in [0.25, 0.3) is 0 Å². The molecule has 4 heteroatoms. The number of rotatable bonds is 6. The number of nitrogens with zero attached hydrogens (tertiary/aromatic N) is 2. The minimum atomic E-state index is -0.565. The predicted octanol–water partition coefficient (Wildman–Crippen LogP) is 0.0663. The average molecular weight is 185 g/mol. The lowest BCUT2D eigenvalue weighted by Gasteiger charge is -2.23. The van der Waals surface area contributed by atoms with Crippen LogP contribution in [-0.4, -0.2) is 51.3 Å². The summed E-state index contributed by atoms with van der Waals surface area (Å²) in [6, 6.07) is 2.20. The van der Waals surface area contributed by atoms with Crippen LogP contribution in [0.1, 0.15) is 6.92 Å². The summed E-state index contributed by atoms with van der Waals surface area (Å²) in [5.74, 6) is 0. The summed E-state index contributed by atoms with van der Waals surface area (Å²) < 4.78 is 4.96. The van der Waals surface area contributed by atoms with Crippen LogP contribution in [0.2, 0.25) is 0 Å². The maximum absolute atomic E-state index is 8.88. The largest absolute Gasteiger partial charge is 0.382 e. The molecule has 0 aliphatic carbocycles. The third-order valence-electron chi connectivity index (χ3n) is 1.75. The van der Waals surface area contributed by atoms with E-state index in [2.05, 4.69) is 16.3 Å². The monoisotopic (exact) mass is 185 g/mol. The molecule has 0 aromatic carbocycles. The van der Waals surface area contributed by atoms with Crippen molar-refractivity contribution in [2.24, 2.45) is 0 Å². The molecule has 0 aliphatic heterocycles. The van der Waals surface area contributed by atoms with Crippen molar-refractivity contribution in [3.63, 3.8) is 0 Å². The molecule has 0 spiro atoms. The molecule has 0 bridgehead atoms. The van der Waals surface area contributed by atoms with Crippen LogP contribution in [0, 0.1) is 11.3 Å². The van der Waals surface area contributed by atoms with Crippen molar-refractivity contribution in [1.29, 1.82) is 5.26 Å². The molecule has 1 N–H and O–H groups in total. The molecule has 0 fully saturated rings. The van der Waals surface area contributed by atoms with Crippen molar-refractivity contribution in [3.05, 3.63) is 0 Å². The summed E-state index contributed by atoms with van der Waals surface area (Å²) in [5.41, 5.74) is -0.565. The molecule has 0 heterocycles. The Kier molecular flexibility index (Phi) is 5.63. The second kappa shape index (κ2) is 5.92. The van der Waals surface area contributed by atoms with E-state index in [1.807, 2.05) is 21.0 Å². The molecule has 76 valence electrons. The van der Waals surface area contributed by atoms with Gasteiger partial charge in [-0.2, -0.15) is 5.26 Å². The van der Waals surface area contributed by atoms with E-state index in [1.165, 1.54) is 0 Å². The fraction of sp³-hybridized carbons (Fsp3) is 0.889. The molecule has 0 aromatic rings. The highest BCUT2D eigenvalue weighted by atomic mass is 16.5. The molecule has 0 amide bonds. The normalized spacial score (nSPS) is 15.4. The number of hydrogen-bond acceptors (Lipinski definition) is 4. The minimum absolute atomic E-state index is 0.414. The maximum Gasteiger partial charge on any atom is 0.127 e. The Hall–Kier alpha value is -0.630. The van der Waals surface area contributed by atoms with E-state index in [1.54, 1.807) is 7.11 Å². The van der Waals surface area contributed by atoms with Gasteiger partial charge in [0.1, 0.15) is 5.54 Å². The Morgan fingerprint density at radius 2 is 2.15 bits per heavy atom. The molecule has 0 saturated carbocycles. The summed E-state index contributed by atoms with van der Waals surface area (Å²) in [5, 5.41) is 12.0. The minimum Gasteiger partial charge on any atom is -0.382 e. The Labute approximate surface area is 80.5 Å². The Bertz CT molecular complexity index is 176. The van der Waals surface area contributed by atoms with Crippen molar-refractivity contribution >= 4 is 0 Å². The van der Waals surface area contributed by atoms with Gasteiger partial charge in [0.05, 0.1) is 12.7 Å². The smallest absolute Gasteiger partial charge is 0.127 e. The first-order valence-electron chi connectivity index (χ1n) is 4.34. The number of ether oxygens (including phenoxy) is 1. The molecule has 4 nitrogen and oxygen atoms in total. The molecule has 0 saturated heterocycles. The van der Waals surface area contributed by atoms with Crippen molar-refractivity contribution in [3.8, 4) is 6.07 Å². The van der Waals surface area contributed by atoms with E-state index >= 15 is 0 Å². The van der Waals surface area contributed by atoms with E-state index < -0.39 is 5.54 Å². The lowest BCUT2D eigenvalue weighted by molar-refractivity contribution is 0.144. The third-order valence-corrected chi connectivity index (χ3v) is 1.75. The van der Waals surface area contributed by atoms with Gasteiger partial charge >= 0.3 is 0 Å². The van der Waals surface area contributed by atoms with Crippen LogP contribution in [-0.2, 0) is 4.74 Å². The third kappa shape index (κ3) is 5.58. The van der Waals surface area contributed by atoms with Crippen molar-refractivity contribution in [2.75, 3.05) is 40.9 Å². The zero-order valence-electron chi connectivity index (χ0n) is 8.92. The van der Waals surface area contributed by atoms with Crippen LogP contribution in [0.15, 0.2) is 0 Å². The van der Waals surface area contributed by atoms with Crippen molar-refractivity contribution < 1.29 is 4.74 Å². The summed E-state index contributed by atoms with van der Waals surface area (Å²) in [7, 11) is 5.60. The van der Waals surface area contributed by atoms with E-state index in [4.69, 9.17) is 10.00 Å². The number of likely N-dealkylation sites (N-methyl/N-ethyl adjacent to an activating group) is 1. The Balaban J connectivity index is 3.78.